The number of hydrogen-bond donors (Lipinski definition) is 2. The highest BCUT2D eigenvalue weighted by Gasteiger charge is 2.16. The maximum absolute atomic E-state index is 11.9. The molecule has 2 N–H and O–H groups in total. The third kappa shape index (κ3) is 5.58. The number of nitrogens with one attached hydrogen (secondary N) is 2. The SMILES string of the molecule is Cc1cccc(NC(=O)CC(=O)NC2CCCCCC2)c1. The molecule has 0 atom stereocenters. The van der Waals surface area contributed by atoms with E-state index in [1.807, 2.05) is 31.2 Å². The number of anilines is 1. The first-order chi connectivity index (χ1) is 10.1. The van der Waals surface area contributed by atoms with Crippen molar-refractivity contribution in [1.29, 1.82) is 0 Å². The second-order valence-corrected chi connectivity index (χ2v) is 5.85. The van der Waals surface area contributed by atoms with Gasteiger partial charge in [-0.15, -0.1) is 0 Å². The number of amides is 2. The van der Waals surface area contributed by atoms with Crippen LogP contribution in [-0.2, 0) is 9.59 Å². The molecule has 2 rings (SSSR count). The van der Waals surface area contributed by atoms with E-state index in [9.17, 15) is 9.59 Å². The Bertz CT molecular complexity index is 491. The van der Waals surface area contributed by atoms with Crippen molar-refractivity contribution in [3.05, 3.63) is 29.8 Å². The van der Waals surface area contributed by atoms with E-state index < -0.39 is 0 Å². The Morgan fingerprint density at radius 3 is 2.48 bits per heavy atom. The Hall–Kier alpha value is -1.84. The molecule has 0 saturated heterocycles. The first-order valence-electron chi connectivity index (χ1n) is 7.79. The van der Waals surface area contributed by atoms with Crippen molar-refractivity contribution >= 4 is 17.5 Å². The van der Waals surface area contributed by atoms with Gasteiger partial charge in [0.05, 0.1) is 0 Å². The molecule has 2 amide bonds. The Labute approximate surface area is 126 Å². The van der Waals surface area contributed by atoms with Gasteiger partial charge in [-0.2, -0.15) is 0 Å². The summed E-state index contributed by atoms with van der Waals surface area (Å²) in [6, 6.07) is 7.81. The van der Waals surface area contributed by atoms with Crippen molar-refractivity contribution in [3.8, 4) is 0 Å². The van der Waals surface area contributed by atoms with Crippen molar-refractivity contribution in [2.75, 3.05) is 5.32 Å². The summed E-state index contributed by atoms with van der Waals surface area (Å²) >= 11 is 0. The standard InChI is InChI=1S/C17H24N2O2/c1-13-7-6-10-15(11-13)19-17(21)12-16(20)18-14-8-4-2-3-5-9-14/h6-7,10-11,14H,2-5,8-9,12H2,1H3,(H,18,20)(H,19,21). The molecule has 1 aromatic carbocycles. The van der Waals surface area contributed by atoms with Gasteiger partial charge in [0.15, 0.2) is 0 Å². The number of hydrogen-bond acceptors (Lipinski definition) is 2. The maximum atomic E-state index is 11.9. The van der Waals surface area contributed by atoms with Crippen LogP contribution in [0.4, 0.5) is 5.69 Å². The molecule has 0 aliphatic heterocycles. The van der Waals surface area contributed by atoms with Gasteiger partial charge in [0.25, 0.3) is 0 Å². The Balaban J connectivity index is 1.77. The molecule has 1 saturated carbocycles. The van der Waals surface area contributed by atoms with Crippen LogP contribution in [0, 0.1) is 6.92 Å². The minimum atomic E-state index is -0.258. The van der Waals surface area contributed by atoms with E-state index >= 15 is 0 Å². The zero-order chi connectivity index (χ0) is 15.1. The molecule has 114 valence electrons. The van der Waals surface area contributed by atoms with Gasteiger partial charge in [-0.1, -0.05) is 37.8 Å². The van der Waals surface area contributed by atoms with Crippen LogP contribution in [0.15, 0.2) is 24.3 Å². The average Bonchev–Trinajstić information content (AvgIpc) is 2.67. The second-order valence-electron chi connectivity index (χ2n) is 5.85. The second kappa shape index (κ2) is 7.81. The summed E-state index contributed by atoms with van der Waals surface area (Å²) in [5, 5.41) is 5.75. The molecule has 1 aromatic rings. The van der Waals surface area contributed by atoms with Crippen LogP contribution < -0.4 is 10.6 Å². The maximum Gasteiger partial charge on any atom is 0.233 e. The molecule has 0 radical (unpaired) electrons. The van der Waals surface area contributed by atoms with Gasteiger partial charge in [-0.3, -0.25) is 9.59 Å². The van der Waals surface area contributed by atoms with Crippen molar-refractivity contribution in [1.82, 2.24) is 5.32 Å². The number of rotatable bonds is 4. The first kappa shape index (κ1) is 15.5. The number of carbonyl (C=O) groups excluding carboxylic acids is 2. The summed E-state index contributed by atoms with van der Waals surface area (Å²) in [4.78, 5) is 23.8. The van der Waals surface area contributed by atoms with Gasteiger partial charge in [0.1, 0.15) is 6.42 Å². The van der Waals surface area contributed by atoms with Gasteiger partial charge >= 0.3 is 0 Å². The van der Waals surface area contributed by atoms with Crippen LogP contribution >= 0.6 is 0 Å². The predicted octanol–water partition coefficient (Wildman–Crippen LogP) is 3.16. The topological polar surface area (TPSA) is 58.2 Å². The molecular formula is C17H24N2O2. The molecule has 0 bridgehead atoms. The number of carbonyl (C=O) groups is 2. The van der Waals surface area contributed by atoms with E-state index in [0.29, 0.717) is 0 Å². The molecule has 1 aliphatic carbocycles. The molecule has 4 heteroatoms. The van der Waals surface area contributed by atoms with Crippen molar-refractivity contribution in [3.63, 3.8) is 0 Å². The van der Waals surface area contributed by atoms with Crippen molar-refractivity contribution in [2.24, 2.45) is 0 Å². The van der Waals surface area contributed by atoms with Gasteiger partial charge in [-0.25, -0.2) is 0 Å². The van der Waals surface area contributed by atoms with E-state index in [1.165, 1.54) is 25.7 Å². The normalized spacial score (nSPS) is 16.0. The zero-order valence-corrected chi connectivity index (χ0v) is 12.7. The first-order valence-corrected chi connectivity index (χ1v) is 7.79. The van der Waals surface area contributed by atoms with Crippen LogP contribution in [0.25, 0.3) is 0 Å². The number of aryl methyl sites for hydroxylation is 1. The van der Waals surface area contributed by atoms with E-state index in [-0.39, 0.29) is 24.3 Å². The molecule has 0 unspecified atom stereocenters. The highest BCUT2D eigenvalue weighted by molar-refractivity contribution is 6.03. The van der Waals surface area contributed by atoms with E-state index in [1.54, 1.807) is 0 Å². The quantitative estimate of drug-likeness (QED) is 0.660. The van der Waals surface area contributed by atoms with Crippen LogP contribution in [0.3, 0.4) is 0 Å². The van der Waals surface area contributed by atoms with Crippen molar-refractivity contribution in [2.45, 2.75) is 57.9 Å². The summed E-state index contributed by atoms with van der Waals surface area (Å²) < 4.78 is 0. The molecule has 0 heterocycles. The van der Waals surface area contributed by atoms with E-state index in [0.717, 1.165) is 24.1 Å². The van der Waals surface area contributed by atoms with Crippen LogP contribution in [-0.4, -0.2) is 17.9 Å². The minimum Gasteiger partial charge on any atom is -0.353 e. The van der Waals surface area contributed by atoms with Crippen LogP contribution in [0.2, 0.25) is 0 Å². The third-order valence-electron chi connectivity index (χ3n) is 3.84. The molecule has 1 aliphatic rings. The highest BCUT2D eigenvalue weighted by Crippen LogP contribution is 2.17. The Morgan fingerprint density at radius 1 is 1.10 bits per heavy atom. The van der Waals surface area contributed by atoms with Crippen molar-refractivity contribution < 1.29 is 9.59 Å². The molecule has 21 heavy (non-hydrogen) atoms. The molecule has 4 nitrogen and oxygen atoms in total. The summed E-state index contributed by atoms with van der Waals surface area (Å²) in [6.07, 6.45) is 6.79. The largest absolute Gasteiger partial charge is 0.353 e. The van der Waals surface area contributed by atoms with Gasteiger partial charge in [0, 0.05) is 11.7 Å². The zero-order valence-electron chi connectivity index (χ0n) is 12.7. The molecular weight excluding hydrogens is 264 g/mol. The minimum absolute atomic E-state index is 0.107. The highest BCUT2D eigenvalue weighted by atomic mass is 16.2. The fourth-order valence-corrected chi connectivity index (χ4v) is 2.78. The smallest absolute Gasteiger partial charge is 0.233 e. The van der Waals surface area contributed by atoms with E-state index in [4.69, 9.17) is 0 Å². The Kier molecular flexibility index (Phi) is 5.78. The van der Waals surface area contributed by atoms with Gasteiger partial charge in [0.2, 0.25) is 11.8 Å². The summed E-state index contributed by atoms with van der Waals surface area (Å²) in [5.74, 6) is -0.432. The third-order valence-corrected chi connectivity index (χ3v) is 3.84. The average molecular weight is 288 g/mol. The van der Waals surface area contributed by atoms with Crippen LogP contribution in [0.5, 0.6) is 0 Å². The lowest BCUT2D eigenvalue weighted by molar-refractivity contribution is -0.127. The fourth-order valence-electron chi connectivity index (χ4n) is 2.78. The summed E-state index contributed by atoms with van der Waals surface area (Å²) in [5.41, 5.74) is 1.82. The van der Waals surface area contributed by atoms with Gasteiger partial charge in [-0.05, 0) is 37.5 Å². The lowest BCUT2D eigenvalue weighted by Crippen LogP contribution is -2.36. The predicted molar refractivity (Wildman–Crippen MR) is 84.1 cm³/mol. The summed E-state index contributed by atoms with van der Waals surface area (Å²) in [7, 11) is 0. The Morgan fingerprint density at radius 2 is 1.81 bits per heavy atom. The monoisotopic (exact) mass is 288 g/mol. The molecule has 0 spiro atoms. The molecule has 1 fully saturated rings. The fraction of sp³-hybridized carbons (Fsp3) is 0.529. The molecule has 0 aromatic heterocycles. The lowest BCUT2D eigenvalue weighted by Gasteiger charge is -2.16. The lowest BCUT2D eigenvalue weighted by atomic mass is 10.1. The van der Waals surface area contributed by atoms with Gasteiger partial charge < -0.3 is 10.6 Å². The number of benzene rings is 1. The summed E-state index contributed by atoms with van der Waals surface area (Å²) in [6.45, 7) is 1.97. The van der Waals surface area contributed by atoms with Crippen LogP contribution in [0.1, 0.15) is 50.5 Å². The van der Waals surface area contributed by atoms with E-state index in [2.05, 4.69) is 10.6 Å².